The molecular formula is C24H17BrClN3O3. The first-order chi connectivity index (χ1) is 15.3. The largest absolute Gasteiger partial charge is 0.325 e. The standard InChI is InChI=1S/C24H17BrClN3O3/c1-14-2-11-19-23(32)20(22(31)15-3-5-16(25)6-4-15)12-29(24(19)27-14)13-21(30)28-18-9-7-17(26)8-10-18/h2-12H,13H2,1H3,(H,28,30). The summed E-state index contributed by atoms with van der Waals surface area (Å²) in [6.45, 7) is 1.67. The zero-order valence-electron chi connectivity index (χ0n) is 16.9. The van der Waals surface area contributed by atoms with Crippen LogP contribution in [0.4, 0.5) is 5.69 Å². The minimum Gasteiger partial charge on any atom is -0.325 e. The van der Waals surface area contributed by atoms with Crippen LogP contribution in [0.1, 0.15) is 21.6 Å². The van der Waals surface area contributed by atoms with Crippen LogP contribution in [0, 0.1) is 6.92 Å². The highest BCUT2D eigenvalue weighted by molar-refractivity contribution is 9.10. The molecule has 1 N–H and O–H groups in total. The van der Waals surface area contributed by atoms with E-state index in [1.54, 1.807) is 67.6 Å². The predicted molar refractivity (Wildman–Crippen MR) is 128 cm³/mol. The van der Waals surface area contributed by atoms with Crippen LogP contribution in [-0.4, -0.2) is 21.2 Å². The molecule has 0 spiro atoms. The van der Waals surface area contributed by atoms with Gasteiger partial charge in [0.15, 0.2) is 5.78 Å². The Kier molecular flexibility index (Phi) is 6.21. The highest BCUT2D eigenvalue weighted by Crippen LogP contribution is 2.17. The number of ketones is 1. The van der Waals surface area contributed by atoms with Gasteiger partial charge in [0.05, 0.1) is 10.9 Å². The Morgan fingerprint density at radius 2 is 1.72 bits per heavy atom. The number of fused-ring (bicyclic) bond motifs is 1. The number of hydrogen-bond acceptors (Lipinski definition) is 4. The minimum absolute atomic E-state index is 0.0234. The average Bonchev–Trinajstić information content (AvgIpc) is 2.77. The van der Waals surface area contributed by atoms with Crippen LogP contribution in [0.5, 0.6) is 0 Å². The van der Waals surface area contributed by atoms with E-state index in [4.69, 9.17) is 11.6 Å². The van der Waals surface area contributed by atoms with Gasteiger partial charge in [-0.05, 0) is 67.6 Å². The molecule has 0 radical (unpaired) electrons. The molecule has 0 bridgehead atoms. The molecule has 4 rings (SSSR count). The molecule has 2 aromatic heterocycles. The molecule has 1 amide bonds. The molecule has 2 heterocycles. The topological polar surface area (TPSA) is 81.1 Å². The van der Waals surface area contributed by atoms with Crippen LogP contribution in [0.2, 0.25) is 5.02 Å². The van der Waals surface area contributed by atoms with Gasteiger partial charge in [-0.3, -0.25) is 14.4 Å². The molecular weight excluding hydrogens is 494 g/mol. The number of nitrogens with zero attached hydrogens (tertiary/aromatic N) is 2. The lowest BCUT2D eigenvalue weighted by molar-refractivity contribution is -0.116. The maximum Gasteiger partial charge on any atom is 0.244 e. The van der Waals surface area contributed by atoms with Crippen molar-refractivity contribution in [3.63, 3.8) is 0 Å². The van der Waals surface area contributed by atoms with E-state index in [2.05, 4.69) is 26.2 Å². The molecule has 32 heavy (non-hydrogen) atoms. The number of anilines is 1. The number of aryl methyl sites for hydroxylation is 1. The number of hydrogen-bond donors (Lipinski definition) is 1. The second-order valence-electron chi connectivity index (χ2n) is 7.21. The van der Waals surface area contributed by atoms with E-state index in [0.29, 0.717) is 27.6 Å². The van der Waals surface area contributed by atoms with Gasteiger partial charge in [0, 0.05) is 32.6 Å². The molecule has 0 saturated carbocycles. The maximum atomic E-state index is 13.1. The predicted octanol–water partition coefficient (Wildman–Crippen LogP) is 4.99. The summed E-state index contributed by atoms with van der Waals surface area (Å²) in [5, 5.41) is 3.62. The van der Waals surface area contributed by atoms with Crippen molar-refractivity contribution in [3.8, 4) is 0 Å². The summed E-state index contributed by atoms with van der Waals surface area (Å²) in [6, 6.07) is 16.8. The van der Waals surface area contributed by atoms with Crippen molar-refractivity contribution in [3.05, 3.63) is 103 Å². The van der Waals surface area contributed by atoms with E-state index in [0.717, 1.165) is 4.47 Å². The molecule has 160 valence electrons. The Hall–Kier alpha value is -3.29. The van der Waals surface area contributed by atoms with Crippen molar-refractivity contribution in [2.75, 3.05) is 5.32 Å². The number of benzene rings is 2. The summed E-state index contributed by atoms with van der Waals surface area (Å²) >= 11 is 9.23. The monoisotopic (exact) mass is 509 g/mol. The van der Waals surface area contributed by atoms with E-state index in [-0.39, 0.29) is 23.4 Å². The van der Waals surface area contributed by atoms with Gasteiger partial charge in [0.2, 0.25) is 11.3 Å². The summed E-state index contributed by atoms with van der Waals surface area (Å²) in [6.07, 6.45) is 1.41. The van der Waals surface area contributed by atoms with Crippen molar-refractivity contribution >= 4 is 55.9 Å². The Balaban J connectivity index is 1.75. The third kappa shape index (κ3) is 4.64. The highest BCUT2D eigenvalue weighted by Gasteiger charge is 2.19. The molecule has 6 nitrogen and oxygen atoms in total. The molecule has 8 heteroatoms. The number of pyridine rings is 2. The number of carbonyl (C=O) groups is 2. The summed E-state index contributed by atoms with van der Waals surface area (Å²) < 4.78 is 2.35. The van der Waals surface area contributed by atoms with Gasteiger partial charge in [-0.2, -0.15) is 0 Å². The van der Waals surface area contributed by atoms with Crippen LogP contribution >= 0.6 is 27.5 Å². The second kappa shape index (κ2) is 9.06. The van der Waals surface area contributed by atoms with Gasteiger partial charge < -0.3 is 9.88 Å². The number of rotatable bonds is 5. The Labute approximate surface area is 197 Å². The smallest absolute Gasteiger partial charge is 0.244 e. The molecule has 0 atom stereocenters. The van der Waals surface area contributed by atoms with Crippen molar-refractivity contribution in [2.45, 2.75) is 13.5 Å². The number of carbonyl (C=O) groups excluding carboxylic acids is 2. The fourth-order valence-corrected chi connectivity index (χ4v) is 3.68. The van der Waals surface area contributed by atoms with Crippen LogP contribution < -0.4 is 10.7 Å². The fraction of sp³-hybridized carbons (Fsp3) is 0.0833. The lowest BCUT2D eigenvalue weighted by atomic mass is 10.0. The first-order valence-corrected chi connectivity index (χ1v) is 10.9. The number of nitrogens with one attached hydrogen (secondary N) is 1. The third-order valence-electron chi connectivity index (χ3n) is 4.85. The van der Waals surface area contributed by atoms with E-state index >= 15 is 0 Å². The molecule has 4 aromatic rings. The quantitative estimate of drug-likeness (QED) is 0.384. The molecule has 0 aliphatic carbocycles. The van der Waals surface area contributed by atoms with Gasteiger partial charge in [0.1, 0.15) is 12.2 Å². The average molecular weight is 511 g/mol. The summed E-state index contributed by atoms with van der Waals surface area (Å²) in [7, 11) is 0. The normalized spacial score (nSPS) is 10.8. The van der Waals surface area contributed by atoms with Crippen molar-refractivity contribution < 1.29 is 9.59 Å². The summed E-state index contributed by atoms with van der Waals surface area (Å²) in [5.74, 6) is -0.751. The maximum absolute atomic E-state index is 13.1. The Morgan fingerprint density at radius 3 is 2.41 bits per heavy atom. The van der Waals surface area contributed by atoms with E-state index in [1.165, 1.54) is 10.8 Å². The highest BCUT2D eigenvalue weighted by atomic mass is 79.9. The zero-order chi connectivity index (χ0) is 22.8. The second-order valence-corrected chi connectivity index (χ2v) is 8.57. The van der Waals surface area contributed by atoms with Gasteiger partial charge >= 0.3 is 0 Å². The van der Waals surface area contributed by atoms with E-state index in [1.807, 2.05) is 0 Å². The van der Waals surface area contributed by atoms with Gasteiger partial charge in [-0.15, -0.1) is 0 Å². The third-order valence-corrected chi connectivity index (χ3v) is 5.63. The Morgan fingerprint density at radius 1 is 1.03 bits per heavy atom. The van der Waals surface area contributed by atoms with E-state index < -0.39 is 11.2 Å². The van der Waals surface area contributed by atoms with Crippen molar-refractivity contribution in [2.24, 2.45) is 0 Å². The van der Waals surface area contributed by atoms with Crippen LogP contribution in [-0.2, 0) is 11.3 Å². The van der Waals surface area contributed by atoms with Crippen LogP contribution in [0.3, 0.4) is 0 Å². The molecule has 0 fully saturated rings. The number of amides is 1. The van der Waals surface area contributed by atoms with Gasteiger partial charge in [-0.1, -0.05) is 27.5 Å². The lowest BCUT2D eigenvalue weighted by Gasteiger charge is -2.13. The molecule has 0 aliphatic heterocycles. The number of aromatic nitrogens is 2. The van der Waals surface area contributed by atoms with Gasteiger partial charge in [-0.25, -0.2) is 4.98 Å². The van der Waals surface area contributed by atoms with Crippen LogP contribution in [0.15, 0.2) is 76.1 Å². The summed E-state index contributed by atoms with van der Waals surface area (Å²) in [5.41, 5.74) is 1.55. The Bertz CT molecular complexity index is 1400. The first-order valence-electron chi connectivity index (χ1n) is 9.68. The first kappa shape index (κ1) is 21.9. The zero-order valence-corrected chi connectivity index (χ0v) is 19.3. The van der Waals surface area contributed by atoms with Crippen molar-refractivity contribution in [1.82, 2.24) is 9.55 Å². The number of halogens is 2. The SMILES string of the molecule is Cc1ccc2c(=O)c(C(=O)c3ccc(Br)cc3)cn(CC(=O)Nc3ccc(Cl)cc3)c2n1. The fourth-order valence-electron chi connectivity index (χ4n) is 3.29. The van der Waals surface area contributed by atoms with Gasteiger partial charge in [0.25, 0.3) is 0 Å². The summed E-state index contributed by atoms with van der Waals surface area (Å²) in [4.78, 5) is 43.3. The molecule has 0 saturated heterocycles. The van der Waals surface area contributed by atoms with Crippen LogP contribution in [0.25, 0.3) is 11.0 Å². The minimum atomic E-state index is -0.422. The van der Waals surface area contributed by atoms with E-state index in [9.17, 15) is 14.4 Å². The molecule has 0 aliphatic rings. The molecule has 0 unspecified atom stereocenters. The lowest BCUT2D eigenvalue weighted by Crippen LogP contribution is -2.25. The van der Waals surface area contributed by atoms with Crippen molar-refractivity contribution in [1.29, 1.82) is 0 Å². The molecule has 2 aromatic carbocycles.